The average molecular weight is 406 g/mol. The number of sulfonamides is 1. The number of carbonyl (C=O) groups is 1. The van der Waals surface area contributed by atoms with Gasteiger partial charge in [0.05, 0.1) is 12.5 Å². The van der Waals surface area contributed by atoms with Crippen LogP contribution >= 0.6 is 11.6 Å². The Kier molecular flexibility index (Phi) is 5.20. The maximum absolute atomic E-state index is 12.2. The van der Waals surface area contributed by atoms with Gasteiger partial charge in [-0.3, -0.25) is 9.48 Å². The van der Waals surface area contributed by atoms with Gasteiger partial charge in [-0.25, -0.2) is 13.1 Å². The summed E-state index contributed by atoms with van der Waals surface area (Å²) in [4.78, 5) is 12.2. The summed E-state index contributed by atoms with van der Waals surface area (Å²) in [6.45, 7) is 0. The fourth-order valence-corrected chi connectivity index (χ4v) is 2.98. The summed E-state index contributed by atoms with van der Waals surface area (Å²) in [7, 11) is -1.90. The van der Waals surface area contributed by atoms with Crippen molar-refractivity contribution in [1.29, 1.82) is 0 Å². The highest BCUT2D eigenvalue weighted by Crippen LogP contribution is 2.34. The van der Waals surface area contributed by atoms with Crippen molar-refractivity contribution in [2.45, 2.75) is 0 Å². The highest BCUT2D eigenvalue weighted by atomic mass is 35.5. The molecule has 0 unspecified atom stereocenters. The van der Waals surface area contributed by atoms with E-state index in [1.807, 2.05) is 4.72 Å². The van der Waals surface area contributed by atoms with Crippen molar-refractivity contribution in [3.8, 4) is 22.6 Å². The fraction of sp³-hybridized carbons (Fsp3) is 0.111. The summed E-state index contributed by atoms with van der Waals surface area (Å²) >= 11 is 5.89. The molecule has 2 aromatic carbocycles. The van der Waals surface area contributed by atoms with Gasteiger partial charge in [0.2, 0.25) is 10.0 Å². The maximum Gasteiger partial charge on any atom is 0.264 e. The van der Waals surface area contributed by atoms with Crippen LogP contribution in [0.25, 0.3) is 11.1 Å². The molecule has 27 heavy (non-hydrogen) atoms. The minimum Gasteiger partial charge on any atom is -0.457 e. The maximum atomic E-state index is 12.2. The topological polar surface area (TPSA) is 90.3 Å². The lowest BCUT2D eigenvalue weighted by Gasteiger charge is -2.12. The predicted molar refractivity (Wildman–Crippen MR) is 102 cm³/mol. The normalized spacial score (nSPS) is 11.2. The molecule has 7 nitrogen and oxygen atoms in total. The van der Waals surface area contributed by atoms with Gasteiger partial charge >= 0.3 is 0 Å². The molecule has 0 aliphatic carbocycles. The SMILES string of the molecule is Cn1cc(-c2cc(C(=O)NS(C)(=O)=O)ccc2Oc2ccc(Cl)cc2)cn1. The van der Waals surface area contributed by atoms with Gasteiger partial charge in [-0.2, -0.15) is 5.10 Å². The molecule has 0 saturated heterocycles. The number of aromatic nitrogens is 2. The zero-order valence-corrected chi connectivity index (χ0v) is 16.1. The fourth-order valence-electron chi connectivity index (χ4n) is 2.40. The molecule has 3 aromatic rings. The summed E-state index contributed by atoms with van der Waals surface area (Å²) in [6.07, 6.45) is 4.32. The standard InChI is InChI=1S/C18H16ClN3O4S/c1-22-11-13(10-20-22)16-9-12(18(23)21-27(2,24)25)3-8-17(16)26-15-6-4-14(19)5-7-15/h3-11H,1-2H3,(H,21,23). The van der Waals surface area contributed by atoms with Crippen molar-refractivity contribution >= 4 is 27.5 Å². The Morgan fingerprint density at radius 3 is 2.48 bits per heavy atom. The minimum atomic E-state index is -3.67. The first-order valence-corrected chi connectivity index (χ1v) is 10.1. The Bertz CT molecular complexity index is 1090. The zero-order valence-electron chi connectivity index (χ0n) is 14.5. The number of nitrogens with one attached hydrogen (secondary N) is 1. The lowest BCUT2D eigenvalue weighted by Crippen LogP contribution is -2.29. The Balaban J connectivity index is 2.02. The molecule has 0 aliphatic heterocycles. The molecule has 0 bridgehead atoms. The second kappa shape index (κ2) is 7.42. The highest BCUT2D eigenvalue weighted by molar-refractivity contribution is 7.89. The molecule has 0 atom stereocenters. The highest BCUT2D eigenvalue weighted by Gasteiger charge is 2.16. The number of benzene rings is 2. The van der Waals surface area contributed by atoms with Crippen LogP contribution in [0.3, 0.4) is 0 Å². The van der Waals surface area contributed by atoms with Gasteiger partial charge in [0.15, 0.2) is 0 Å². The van der Waals surface area contributed by atoms with E-state index in [2.05, 4.69) is 5.10 Å². The molecular weight excluding hydrogens is 390 g/mol. The molecule has 1 aromatic heterocycles. The number of amides is 1. The van der Waals surface area contributed by atoms with Crippen LogP contribution in [-0.2, 0) is 17.1 Å². The summed E-state index contributed by atoms with van der Waals surface area (Å²) in [5.74, 6) is 0.333. The lowest BCUT2D eigenvalue weighted by molar-refractivity contribution is 0.0981. The van der Waals surface area contributed by atoms with Crippen LogP contribution < -0.4 is 9.46 Å². The number of rotatable bonds is 5. The number of ether oxygens (including phenoxy) is 1. The molecule has 140 valence electrons. The average Bonchev–Trinajstić information content (AvgIpc) is 3.02. The van der Waals surface area contributed by atoms with Gasteiger partial charge in [0.1, 0.15) is 11.5 Å². The van der Waals surface area contributed by atoms with Crippen LogP contribution in [-0.4, -0.2) is 30.4 Å². The first kappa shape index (κ1) is 18.9. The van der Waals surface area contributed by atoms with Crippen molar-refractivity contribution in [3.63, 3.8) is 0 Å². The Morgan fingerprint density at radius 1 is 1.19 bits per heavy atom. The van der Waals surface area contributed by atoms with E-state index < -0.39 is 15.9 Å². The van der Waals surface area contributed by atoms with Crippen LogP contribution in [0.1, 0.15) is 10.4 Å². The van der Waals surface area contributed by atoms with Crippen molar-refractivity contribution < 1.29 is 17.9 Å². The molecule has 3 rings (SSSR count). The Labute approximate surface area is 161 Å². The van der Waals surface area contributed by atoms with Gasteiger partial charge in [0, 0.05) is 35.0 Å². The van der Waals surface area contributed by atoms with Gasteiger partial charge < -0.3 is 4.74 Å². The summed E-state index contributed by atoms with van der Waals surface area (Å²) in [5.41, 5.74) is 1.50. The summed E-state index contributed by atoms with van der Waals surface area (Å²) in [5, 5.41) is 4.72. The van der Waals surface area contributed by atoms with E-state index in [0.29, 0.717) is 22.1 Å². The number of carbonyl (C=O) groups excluding carboxylic acids is 1. The number of aryl methyl sites for hydroxylation is 1. The van der Waals surface area contributed by atoms with Gasteiger partial charge in [0.25, 0.3) is 5.91 Å². The third-order valence-corrected chi connectivity index (χ3v) is 4.39. The summed E-state index contributed by atoms with van der Waals surface area (Å²) < 4.78 is 32.1. The molecule has 0 spiro atoms. The lowest BCUT2D eigenvalue weighted by atomic mass is 10.0. The monoisotopic (exact) mass is 405 g/mol. The minimum absolute atomic E-state index is 0.183. The largest absolute Gasteiger partial charge is 0.457 e. The second-order valence-corrected chi connectivity index (χ2v) is 8.06. The molecule has 1 heterocycles. The molecule has 0 fully saturated rings. The smallest absolute Gasteiger partial charge is 0.264 e. The Hall–Kier alpha value is -2.84. The Morgan fingerprint density at radius 2 is 1.89 bits per heavy atom. The quantitative estimate of drug-likeness (QED) is 0.703. The molecular formula is C18H16ClN3O4S. The van der Waals surface area contributed by atoms with Crippen LogP contribution in [0.2, 0.25) is 5.02 Å². The van der Waals surface area contributed by atoms with Gasteiger partial charge in [-0.05, 0) is 42.5 Å². The van der Waals surface area contributed by atoms with E-state index in [4.69, 9.17) is 16.3 Å². The van der Waals surface area contributed by atoms with E-state index in [9.17, 15) is 13.2 Å². The van der Waals surface area contributed by atoms with Crippen molar-refractivity contribution in [2.24, 2.45) is 7.05 Å². The van der Waals surface area contributed by atoms with E-state index in [0.717, 1.165) is 11.8 Å². The first-order chi connectivity index (χ1) is 12.7. The van der Waals surface area contributed by atoms with Crippen molar-refractivity contribution in [1.82, 2.24) is 14.5 Å². The first-order valence-electron chi connectivity index (χ1n) is 7.80. The van der Waals surface area contributed by atoms with Crippen LogP contribution in [0.15, 0.2) is 54.9 Å². The molecule has 1 N–H and O–H groups in total. The van der Waals surface area contributed by atoms with E-state index in [1.165, 1.54) is 6.07 Å². The molecule has 0 radical (unpaired) electrons. The van der Waals surface area contributed by atoms with E-state index >= 15 is 0 Å². The summed E-state index contributed by atoms with van der Waals surface area (Å²) in [6, 6.07) is 11.5. The van der Waals surface area contributed by atoms with Gasteiger partial charge in [-0.15, -0.1) is 0 Å². The third kappa shape index (κ3) is 4.87. The third-order valence-electron chi connectivity index (χ3n) is 3.58. The van der Waals surface area contributed by atoms with Gasteiger partial charge in [-0.1, -0.05) is 11.6 Å². The van der Waals surface area contributed by atoms with E-state index in [1.54, 1.807) is 60.5 Å². The molecule has 1 amide bonds. The van der Waals surface area contributed by atoms with Crippen LogP contribution in [0, 0.1) is 0 Å². The number of nitrogens with zero attached hydrogens (tertiary/aromatic N) is 2. The molecule has 9 heteroatoms. The number of hydrogen-bond donors (Lipinski definition) is 1. The van der Waals surface area contributed by atoms with E-state index in [-0.39, 0.29) is 5.56 Å². The van der Waals surface area contributed by atoms with Crippen molar-refractivity contribution in [2.75, 3.05) is 6.26 Å². The number of hydrogen-bond acceptors (Lipinski definition) is 5. The van der Waals surface area contributed by atoms with Crippen LogP contribution in [0.5, 0.6) is 11.5 Å². The zero-order chi connectivity index (χ0) is 19.6. The molecule has 0 saturated carbocycles. The number of halogens is 1. The van der Waals surface area contributed by atoms with Crippen molar-refractivity contribution in [3.05, 3.63) is 65.4 Å². The molecule has 0 aliphatic rings. The second-order valence-electron chi connectivity index (χ2n) is 5.87. The predicted octanol–water partition coefficient (Wildman–Crippen LogP) is 3.22. The van der Waals surface area contributed by atoms with Crippen LogP contribution in [0.4, 0.5) is 0 Å².